The van der Waals surface area contributed by atoms with E-state index in [0.29, 0.717) is 34.5 Å². The highest BCUT2D eigenvalue weighted by Crippen LogP contribution is 2.37. The number of fused-ring (bicyclic) bond motifs is 1. The van der Waals surface area contributed by atoms with Crippen LogP contribution in [0.3, 0.4) is 0 Å². The topological polar surface area (TPSA) is 83.6 Å². The Morgan fingerprint density at radius 1 is 1.09 bits per heavy atom. The highest BCUT2D eigenvalue weighted by molar-refractivity contribution is 6.32. The van der Waals surface area contributed by atoms with Crippen LogP contribution in [-0.2, 0) is 24.4 Å². The van der Waals surface area contributed by atoms with Gasteiger partial charge in [-0.05, 0) is 47.0 Å². The summed E-state index contributed by atoms with van der Waals surface area (Å²) in [4.78, 5) is 15.1. The number of aromatic amines is 1. The number of halogens is 2. The van der Waals surface area contributed by atoms with E-state index in [4.69, 9.17) is 32.7 Å². The molecule has 0 bridgehead atoms. The minimum atomic E-state index is -0.926. The first-order valence-corrected chi connectivity index (χ1v) is 11.4. The van der Waals surface area contributed by atoms with Gasteiger partial charge >= 0.3 is 5.97 Å². The van der Waals surface area contributed by atoms with Crippen LogP contribution in [0.2, 0.25) is 10.0 Å². The van der Waals surface area contributed by atoms with Crippen molar-refractivity contribution in [2.75, 3.05) is 7.11 Å². The fraction of sp³-hybridized carbons (Fsp3) is 0.192. The number of carboxylic acid groups (broad SMARTS) is 1. The van der Waals surface area contributed by atoms with Crippen LogP contribution in [0, 0.1) is 0 Å². The van der Waals surface area contributed by atoms with E-state index in [9.17, 15) is 9.90 Å². The van der Waals surface area contributed by atoms with Crippen LogP contribution in [0.5, 0.6) is 11.5 Å². The summed E-state index contributed by atoms with van der Waals surface area (Å²) in [6, 6.07) is 18.0. The molecule has 3 N–H and O–H groups in total. The fourth-order valence-electron chi connectivity index (χ4n) is 3.81. The van der Waals surface area contributed by atoms with Crippen molar-refractivity contribution in [3.8, 4) is 11.5 Å². The quantitative estimate of drug-likeness (QED) is 0.255. The summed E-state index contributed by atoms with van der Waals surface area (Å²) in [6.07, 6.45) is 2.19. The number of methoxy groups -OCH3 is 1. The summed E-state index contributed by atoms with van der Waals surface area (Å²) in [6.45, 7) is 0.573. The average Bonchev–Trinajstić information content (AvgIpc) is 3.23. The number of hydrogen-bond donors (Lipinski definition) is 3. The van der Waals surface area contributed by atoms with Crippen LogP contribution in [0.25, 0.3) is 10.9 Å². The lowest BCUT2D eigenvalue weighted by atomic mass is 10.0. The number of rotatable bonds is 10. The van der Waals surface area contributed by atoms with Crippen molar-refractivity contribution < 1.29 is 19.4 Å². The molecule has 4 aromatic rings. The number of hydrogen-bond acceptors (Lipinski definition) is 4. The van der Waals surface area contributed by atoms with Crippen molar-refractivity contribution in [1.29, 1.82) is 0 Å². The Labute approximate surface area is 207 Å². The van der Waals surface area contributed by atoms with Crippen molar-refractivity contribution >= 4 is 40.1 Å². The van der Waals surface area contributed by atoms with Gasteiger partial charge in [0.05, 0.1) is 12.1 Å². The smallest absolute Gasteiger partial charge is 0.321 e. The molecule has 4 rings (SSSR count). The van der Waals surface area contributed by atoms with Crippen LogP contribution in [-0.4, -0.2) is 29.2 Å². The van der Waals surface area contributed by atoms with Crippen LogP contribution in [0.15, 0.2) is 66.9 Å². The molecule has 0 aliphatic heterocycles. The Balaban J connectivity index is 1.45. The van der Waals surface area contributed by atoms with Gasteiger partial charge in [-0.1, -0.05) is 53.5 Å². The van der Waals surface area contributed by atoms with Crippen molar-refractivity contribution in [2.45, 2.75) is 25.6 Å². The van der Waals surface area contributed by atoms with Gasteiger partial charge in [0, 0.05) is 35.1 Å². The molecule has 0 saturated carbocycles. The predicted molar refractivity (Wildman–Crippen MR) is 134 cm³/mol. The van der Waals surface area contributed by atoms with Crippen LogP contribution in [0.4, 0.5) is 0 Å². The van der Waals surface area contributed by atoms with Crippen LogP contribution in [0.1, 0.15) is 16.7 Å². The molecule has 0 radical (unpaired) electrons. The Morgan fingerprint density at radius 2 is 1.91 bits per heavy atom. The van der Waals surface area contributed by atoms with Gasteiger partial charge in [0.15, 0.2) is 11.5 Å². The van der Waals surface area contributed by atoms with E-state index in [1.165, 1.54) is 7.11 Å². The zero-order valence-electron chi connectivity index (χ0n) is 18.5. The van der Waals surface area contributed by atoms with E-state index in [2.05, 4.69) is 10.3 Å². The molecule has 1 atom stereocenters. The highest BCUT2D eigenvalue weighted by Gasteiger charge is 2.20. The third-order valence-corrected chi connectivity index (χ3v) is 6.03. The number of H-pyrrole nitrogens is 1. The minimum absolute atomic E-state index is 0.278. The number of para-hydroxylation sites is 1. The van der Waals surface area contributed by atoms with Gasteiger partial charge < -0.3 is 24.9 Å². The number of ether oxygens (including phenoxy) is 2. The summed E-state index contributed by atoms with van der Waals surface area (Å²) in [5.74, 6) is -0.0406. The largest absolute Gasteiger partial charge is 0.493 e. The Bertz CT molecular complexity index is 1310. The maximum atomic E-state index is 11.9. The normalized spacial score (nSPS) is 12.0. The molecule has 0 saturated heterocycles. The lowest BCUT2D eigenvalue weighted by Gasteiger charge is -2.17. The van der Waals surface area contributed by atoms with Crippen LogP contribution < -0.4 is 14.8 Å². The summed E-state index contributed by atoms with van der Waals surface area (Å²) in [5.41, 5.74) is 3.60. The third kappa shape index (κ3) is 5.65. The van der Waals surface area contributed by atoms with E-state index in [0.717, 1.165) is 27.6 Å². The molecular weight excluding hydrogens is 475 g/mol. The molecule has 34 heavy (non-hydrogen) atoms. The van der Waals surface area contributed by atoms with Crippen molar-refractivity contribution in [2.24, 2.45) is 0 Å². The first-order valence-electron chi connectivity index (χ1n) is 10.7. The molecule has 0 unspecified atom stereocenters. The Morgan fingerprint density at radius 3 is 2.68 bits per heavy atom. The monoisotopic (exact) mass is 498 g/mol. The van der Waals surface area contributed by atoms with Gasteiger partial charge in [0.2, 0.25) is 0 Å². The van der Waals surface area contributed by atoms with E-state index >= 15 is 0 Å². The number of benzene rings is 3. The van der Waals surface area contributed by atoms with Crippen molar-refractivity contribution in [3.63, 3.8) is 0 Å². The van der Waals surface area contributed by atoms with Gasteiger partial charge in [-0.3, -0.25) is 4.79 Å². The highest BCUT2D eigenvalue weighted by atomic mass is 35.5. The number of aliphatic carboxylic acids is 1. The van der Waals surface area contributed by atoms with Gasteiger partial charge in [-0.15, -0.1) is 0 Å². The second kappa shape index (κ2) is 10.8. The molecule has 1 aromatic heterocycles. The Hall–Kier alpha value is -3.19. The molecule has 0 amide bonds. The molecule has 0 aliphatic carbocycles. The van der Waals surface area contributed by atoms with E-state index < -0.39 is 12.0 Å². The van der Waals surface area contributed by atoms with E-state index in [1.807, 2.05) is 48.7 Å². The molecular formula is C26H24Cl2N2O4. The second-order valence-corrected chi connectivity index (χ2v) is 8.71. The second-order valence-electron chi connectivity index (χ2n) is 7.86. The number of carbonyl (C=O) groups is 1. The lowest BCUT2D eigenvalue weighted by Crippen LogP contribution is -2.38. The molecule has 0 spiro atoms. The summed E-state index contributed by atoms with van der Waals surface area (Å²) >= 11 is 12.5. The molecule has 0 aliphatic rings. The van der Waals surface area contributed by atoms with Gasteiger partial charge in [-0.25, -0.2) is 0 Å². The lowest BCUT2D eigenvalue weighted by molar-refractivity contribution is -0.139. The van der Waals surface area contributed by atoms with Crippen LogP contribution >= 0.6 is 23.2 Å². The number of aromatic nitrogens is 1. The first kappa shape index (κ1) is 24.0. The van der Waals surface area contributed by atoms with Crippen molar-refractivity contribution in [3.05, 3.63) is 93.6 Å². The van der Waals surface area contributed by atoms with Crippen molar-refractivity contribution in [1.82, 2.24) is 10.3 Å². The molecule has 176 valence electrons. The Kier molecular flexibility index (Phi) is 7.63. The summed E-state index contributed by atoms with van der Waals surface area (Å²) in [7, 11) is 1.53. The zero-order chi connectivity index (χ0) is 24.1. The van der Waals surface area contributed by atoms with Gasteiger partial charge in [-0.2, -0.15) is 0 Å². The standard InChI is InChI=1S/C26H24Cl2N2O4/c1-33-24-11-17(10-21(28)25(24)34-15-16-5-4-6-19(27)9-16)13-29-23(26(31)32)12-18-14-30-22-8-3-2-7-20(18)22/h2-11,14,23,29-30H,12-13,15H2,1H3,(H,31,32)/t23-/m0/s1. The zero-order valence-corrected chi connectivity index (χ0v) is 20.0. The maximum Gasteiger partial charge on any atom is 0.321 e. The molecule has 6 nitrogen and oxygen atoms in total. The summed E-state index contributed by atoms with van der Waals surface area (Å²) < 4.78 is 11.4. The first-order chi connectivity index (χ1) is 16.4. The summed E-state index contributed by atoms with van der Waals surface area (Å²) in [5, 5.41) is 14.9. The number of carboxylic acids is 1. The average molecular weight is 499 g/mol. The number of nitrogens with one attached hydrogen (secondary N) is 2. The van der Waals surface area contributed by atoms with E-state index in [-0.39, 0.29) is 6.61 Å². The SMILES string of the molecule is COc1cc(CN[C@@H](Cc2c[nH]c3ccccc23)C(=O)O)cc(Cl)c1OCc1cccc(Cl)c1. The van der Waals surface area contributed by atoms with E-state index in [1.54, 1.807) is 18.2 Å². The molecule has 1 heterocycles. The third-order valence-electron chi connectivity index (χ3n) is 5.51. The van der Waals surface area contributed by atoms with Gasteiger partial charge in [0.25, 0.3) is 0 Å². The molecule has 3 aromatic carbocycles. The fourth-order valence-corrected chi connectivity index (χ4v) is 4.31. The predicted octanol–water partition coefficient (Wildman–Crippen LogP) is 5.85. The minimum Gasteiger partial charge on any atom is -0.493 e. The molecule has 0 fully saturated rings. The maximum absolute atomic E-state index is 11.9. The van der Waals surface area contributed by atoms with Gasteiger partial charge in [0.1, 0.15) is 12.6 Å². The molecule has 8 heteroatoms.